The summed E-state index contributed by atoms with van der Waals surface area (Å²) in [6.07, 6.45) is 15.3. The van der Waals surface area contributed by atoms with Crippen LogP contribution in [0.25, 0.3) is 0 Å². The second-order valence-corrected chi connectivity index (χ2v) is 24.8. The summed E-state index contributed by atoms with van der Waals surface area (Å²) >= 11 is 0. The van der Waals surface area contributed by atoms with Crippen LogP contribution in [0, 0.1) is 11.8 Å². The van der Waals surface area contributed by atoms with Gasteiger partial charge < -0.3 is 18.7 Å². The van der Waals surface area contributed by atoms with Gasteiger partial charge in [-0.15, -0.1) is 0 Å². The molecule has 236 valence electrons. The molecular formula is C33H66O5Si2. The van der Waals surface area contributed by atoms with Crippen molar-refractivity contribution >= 4 is 22.6 Å². The number of esters is 1. The van der Waals surface area contributed by atoms with Gasteiger partial charge in [0.25, 0.3) is 0 Å². The van der Waals surface area contributed by atoms with Crippen LogP contribution < -0.4 is 0 Å². The largest absolute Gasteiger partial charge is 0.469 e. The highest BCUT2D eigenvalue weighted by Crippen LogP contribution is 2.45. The lowest BCUT2D eigenvalue weighted by atomic mass is 9.88. The fraction of sp³-hybridized carbons (Fsp3) is 0.909. The zero-order chi connectivity index (χ0) is 30.8. The van der Waals surface area contributed by atoms with Gasteiger partial charge in [-0.25, -0.2) is 0 Å². The molecule has 0 saturated heterocycles. The van der Waals surface area contributed by atoms with E-state index in [1.54, 1.807) is 0 Å². The second-order valence-electron chi connectivity index (χ2n) is 15.3. The van der Waals surface area contributed by atoms with E-state index in [0.717, 1.165) is 38.5 Å². The first-order chi connectivity index (χ1) is 18.4. The average Bonchev–Trinajstić information content (AvgIpc) is 3.10. The zero-order valence-electron chi connectivity index (χ0n) is 28.4. The van der Waals surface area contributed by atoms with Gasteiger partial charge in [-0.1, -0.05) is 99.1 Å². The lowest BCUT2D eigenvalue weighted by Gasteiger charge is -2.40. The molecule has 0 aliphatic heterocycles. The van der Waals surface area contributed by atoms with Crippen molar-refractivity contribution in [3.05, 3.63) is 12.2 Å². The number of aliphatic hydroxyl groups excluding tert-OH is 1. The van der Waals surface area contributed by atoms with Gasteiger partial charge in [0.1, 0.15) is 0 Å². The van der Waals surface area contributed by atoms with Crippen molar-refractivity contribution in [3.8, 4) is 0 Å². The van der Waals surface area contributed by atoms with Crippen molar-refractivity contribution in [2.75, 3.05) is 7.11 Å². The Morgan fingerprint density at radius 3 is 2.08 bits per heavy atom. The van der Waals surface area contributed by atoms with Crippen LogP contribution in [-0.2, 0) is 18.4 Å². The summed E-state index contributed by atoms with van der Waals surface area (Å²) in [6.45, 7) is 25.4. The number of methoxy groups -OCH3 is 1. The van der Waals surface area contributed by atoms with E-state index in [1.165, 1.54) is 26.4 Å². The van der Waals surface area contributed by atoms with E-state index < -0.39 is 16.6 Å². The molecule has 1 saturated carbocycles. The van der Waals surface area contributed by atoms with Crippen LogP contribution in [0.4, 0.5) is 0 Å². The van der Waals surface area contributed by atoms with Crippen LogP contribution in [0.5, 0.6) is 0 Å². The molecule has 1 fully saturated rings. The van der Waals surface area contributed by atoms with E-state index in [2.05, 4.69) is 86.8 Å². The molecule has 0 heterocycles. The fourth-order valence-corrected chi connectivity index (χ4v) is 7.81. The minimum atomic E-state index is -1.99. The molecule has 0 aromatic carbocycles. The maximum absolute atomic E-state index is 11.4. The van der Waals surface area contributed by atoms with Gasteiger partial charge >= 0.3 is 5.97 Å². The van der Waals surface area contributed by atoms with Crippen LogP contribution >= 0.6 is 0 Å². The summed E-state index contributed by atoms with van der Waals surface area (Å²) in [4.78, 5) is 11.4. The number of hydrogen-bond acceptors (Lipinski definition) is 5. The highest BCUT2D eigenvalue weighted by Gasteiger charge is 2.47. The van der Waals surface area contributed by atoms with E-state index in [-0.39, 0.29) is 46.2 Å². The monoisotopic (exact) mass is 598 g/mol. The Labute approximate surface area is 250 Å². The number of carbonyl (C=O) groups is 1. The number of carbonyl (C=O) groups excluding carboxylic acids is 1. The van der Waals surface area contributed by atoms with Gasteiger partial charge in [0, 0.05) is 12.3 Å². The number of hydrogen-bond donors (Lipinski definition) is 1. The topological polar surface area (TPSA) is 65.0 Å². The third-order valence-corrected chi connectivity index (χ3v) is 18.9. The van der Waals surface area contributed by atoms with E-state index in [4.69, 9.17) is 13.6 Å². The van der Waals surface area contributed by atoms with Gasteiger partial charge in [-0.2, -0.15) is 0 Å². The molecule has 0 aromatic heterocycles. The Morgan fingerprint density at radius 1 is 0.925 bits per heavy atom. The third-order valence-electron chi connectivity index (χ3n) is 9.93. The van der Waals surface area contributed by atoms with E-state index >= 15 is 0 Å². The lowest BCUT2D eigenvalue weighted by Crippen LogP contribution is -2.45. The Morgan fingerprint density at radius 2 is 1.52 bits per heavy atom. The molecule has 0 radical (unpaired) electrons. The Kier molecular flexibility index (Phi) is 15.4. The number of unbranched alkanes of at least 4 members (excludes halogenated alkanes) is 5. The zero-order valence-corrected chi connectivity index (χ0v) is 30.4. The van der Waals surface area contributed by atoms with Crippen molar-refractivity contribution in [1.82, 2.24) is 0 Å². The molecule has 0 spiro atoms. The predicted molar refractivity (Wildman–Crippen MR) is 175 cm³/mol. The van der Waals surface area contributed by atoms with Crippen molar-refractivity contribution in [1.29, 1.82) is 0 Å². The normalized spacial score (nSPS) is 23.6. The van der Waals surface area contributed by atoms with Gasteiger partial charge in [0.05, 0.1) is 25.4 Å². The molecule has 0 unspecified atom stereocenters. The Balaban J connectivity index is 3.13. The summed E-state index contributed by atoms with van der Waals surface area (Å²) in [5.41, 5.74) is 0. The number of ether oxygens (including phenoxy) is 1. The van der Waals surface area contributed by atoms with Crippen LogP contribution in [0.1, 0.15) is 119 Å². The molecule has 1 rings (SSSR count). The standard InChI is InChI=1S/C33H66O5Si2/c1-13-14-17-20-26(37-39(9,10)32(2,3)4)23-24-28-27(21-18-15-16-19-22-31(35)36-8)29(34)25-30(28)38-40(11,12)33(5,6)7/h23-24,26-30,34H,13-22,25H2,1-12H3/b24-23+/t26-,27-,28+,29-,30+/m0/s1. The highest BCUT2D eigenvalue weighted by molar-refractivity contribution is 6.74. The molecule has 1 N–H and O–H groups in total. The van der Waals surface area contributed by atoms with Gasteiger partial charge in [-0.05, 0) is 67.9 Å². The minimum Gasteiger partial charge on any atom is -0.469 e. The smallest absolute Gasteiger partial charge is 0.305 e. The maximum Gasteiger partial charge on any atom is 0.305 e. The van der Waals surface area contributed by atoms with Gasteiger partial charge in [-0.3, -0.25) is 4.79 Å². The first-order valence-electron chi connectivity index (χ1n) is 16.1. The van der Waals surface area contributed by atoms with E-state index in [1.807, 2.05) is 0 Å². The quantitative estimate of drug-likeness (QED) is 0.0782. The Hall–Kier alpha value is -0.476. The summed E-state index contributed by atoms with van der Waals surface area (Å²) in [5.74, 6) is 0.252. The molecule has 0 aromatic rings. The molecule has 1 aliphatic carbocycles. The second kappa shape index (κ2) is 16.4. The Bertz CT molecular complexity index is 766. The molecular weight excluding hydrogens is 533 g/mol. The molecule has 40 heavy (non-hydrogen) atoms. The maximum atomic E-state index is 11.4. The van der Waals surface area contributed by atoms with Gasteiger partial charge in [0.15, 0.2) is 16.6 Å². The van der Waals surface area contributed by atoms with Crippen molar-refractivity contribution in [2.24, 2.45) is 11.8 Å². The molecule has 7 heteroatoms. The molecule has 0 amide bonds. The van der Waals surface area contributed by atoms with Crippen molar-refractivity contribution in [2.45, 2.75) is 174 Å². The molecule has 1 aliphatic rings. The summed E-state index contributed by atoms with van der Waals surface area (Å²) in [5, 5.41) is 11.6. The number of rotatable bonds is 17. The molecule has 5 atom stereocenters. The summed E-state index contributed by atoms with van der Waals surface area (Å²) < 4.78 is 18.7. The fourth-order valence-electron chi connectivity index (χ4n) is 5.14. The SMILES string of the molecule is CCCCC[C@@H](/C=C/[C@@H]1[C@H](CCCCCCC(=O)OC)[C@@H](O)C[C@H]1O[Si](C)(C)C(C)(C)C)O[Si](C)(C)C(C)(C)C. The average molecular weight is 599 g/mol. The molecule has 0 bridgehead atoms. The summed E-state index contributed by atoms with van der Waals surface area (Å²) in [7, 11) is -2.46. The van der Waals surface area contributed by atoms with Crippen LogP contribution in [0.2, 0.25) is 36.3 Å². The van der Waals surface area contributed by atoms with E-state index in [9.17, 15) is 9.90 Å². The molecule has 5 nitrogen and oxygen atoms in total. The van der Waals surface area contributed by atoms with Crippen molar-refractivity contribution in [3.63, 3.8) is 0 Å². The minimum absolute atomic E-state index is 0.0422. The third kappa shape index (κ3) is 12.0. The summed E-state index contributed by atoms with van der Waals surface area (Å²) in [6, 6.07) is 0. The van der Waals surface area contributed by atoms with E-state index in [0.29, 0.717) is 12.8 Å². The van der Waals surface area contributed by atoms with Crippen LogP contribution in [0.3, 0.4) is 0 Å². The first kappa shape index (κ1) is 37.5. The van der Waals surface area contributed by atoms with Crippen LogP contribution in [-0.4, -0.2) is 53.1 Å². The highest BCUT2D eigenvalue weighted by atomic mass is 28.4. The predicted octanol–water partition coefficient (Wildman–Crippen LogP) is 9.41. The lowest BCUT2D eigenvalue weighted by molar-refractivity contribution is -0.140. The van der Waals surface area contributed by atoms with Crippen molar-refractivity contribution < 1.29 is 23.5 Å². The first-order valence-corrected chi connectivity index (χ1v) is 22.0. The van der Waals surface area contributed by atoms with Crippen LogP contribution in [0.15, 0.2) is 12.2 Å². The number of aliphatic hydroxyl groups is 1. The van der Waals surface area contributed by atoms with Gasteiger partial charge in [0.2, 0.25) is 0 Å².